The van der Waals surface area contributed by atoms with Crippen molar-refractivity contribution in [2.24, 2.45) is 0 Å². The van der Waals surface area contributed by atoms with E-state index in [1.807, 2.05) is 11.7 Å². The van der Waals surface area contributed by atoms with Gasteiger partial charge in [0.1, 0.15) is 0 Å². The van der Waals surface area contributed by atoms with E-state index in [-0.39, 0.29) is 0 Å². The van der Waals surface area contributed by atoms with Crippen molar-refractivity contribution in [1.29, 1.82) is 0 Å². The topological polar surface area (TPSA) is 37.8 Å². The van der Waals surface area contributed by atoms with Gasteiger partial charge in [-0.2, -0.15) is 0 Å². The number of pyridine rings is 1. The highest BCUT2D eigenvalue weighted by atomic mass is 32.1. The highest BCUT2D eigenvalue weighted by Crippen LogP contribution is 2.41. The van der Waals surface area contributed by atoms with Gasteiger partial charge >= 0.3 is 0 Å². The Hall–Kier alpha value is -1.26. The van der Waals surface area contributed by atoms with Gasteiger partial charge in [0.05, 0.1) is 17.2 Å². The Kier molecular flexibility index (Phi) is 4.66. The highest BCUT2D eigenvalue weighted by molar-refractivity contribution is 7.09. The minimum Gasteiger partial charge on any atom is -0.309 e. The van der Waals surface area contributed by atoms with E-state index in [0.717, 1.165) is 18.7 Å². The number of fused-ring (bicyclic) bond motifs is 1. The number of hydrogen-bond donors (Lipinski definition) is 1. The molecule has 3 nitrogen and oxygen atoms in total. The zero-order valence-corrected chi connectivity index (χ0v) is 13.6. The Labute approximate surface area is 130 Å². The van der Waals surface area contributed by atoms with Gasteiger partial charge in [0.15, 0.2) is 0 Å². The van der Waals surface area contributed by atoms with E-state index in [1.165, 1.54) is 35.4 Å². The smallest absolute Gasteiger partial charge is 0.0798 e. The normalized spacial score (nSPS) is 19.2. The van der Waals surface area contributed by atoms with Crippen LogP contribution in [0.15, 0.2) is 23.8 Å². The minimum atomic E-state index is 0.353. The largest absolute Gasteiger partial charge is 0.309 e. The van der Waals surface area contributed by atoms with E-state index in [0.29, 0.717) is 12.0 Å². The highest BCUT2D eigenvalue weighted by Gasteiger charge is 2.31. The molecule has 2 aromatic heterocycles. The first-order chi connectivity index (χ1) is 10.3. The molecule has 0 saturated carbocycles. The fourth-order valence-corrected chi connectivity index (χ4v) is 4.24. The third kappa shape index (κ3) is 3.01. The molecule has 0 radical (unpaired) electrons. The maximum Gasteiger partial charge on any atom is 0.0798 e. The Morgan fingerprint density at radius 1 is 1.43 bits per heavy atom. The van der Waals surface area contributed by atoms with E-state index in [1.54, 1.807) is 11.3 Å². The summed E-state index contributed by atoms with van der Waals surface area (Å²) in [7, 11) is 0. The summed E-state index contributed by atoms with van der Waals surface area (Å²) in [5.74, 6) is 0.473. The van der Waals surface area contributed by atoms with Gasteiger partial charge < -0.3 is 5.32 Å². The second kappa shape index (κ2) is 6.67. The molecule has 0 saturated heterocycles. The van der Waals surface area contributed by atoms with Gasteiger partial charge in [0.25, 0.3) is 0 Å². The molecule has 21 heavy (non-hydrogen) atoms. The first kappa shape index (κ1) is 14.7. The summed E-state index contributed by atoms with van der Waals surface area (Å²) in [5.41, 5.74) is 5.86. The number of hydrogen-bond acceptors (Lipinski definition) is 4. The van der Waals surface area contributed by atoms with Crippen molar-refractivity contribution in [2.75, 3.05) is 6.54 Å². The van der Waals surface area contributed by atoms with Gasteiger partial charge in [-0.3, -0.25) is 4.98 Å². The predicted molar refractivity (Wildman–Crippen MR) is 87.8 cm³/mol. The summed E-state index contributed by atoms with van der Waals surface area (Å²) in [6.45, 7) is 5.38. The molecule has 0 fully saturated rings. The summed E-state index contributed by atoms with van der Waals surface area (Å²) in [5, 5.41) is 3.75. The first-order valence-corrected chi connectivity index (χ1v) is 8.76. The van der Waals surface area contributed by atoms with Gasteiger partial charge in [0.2, 0.25) is 0 Å². The van der Waals surface area contributed by atoms with Crippen LogP contribution in [-0.2, 0) is 6.42 Å². The molecule has 0 aliphatic heterocycles. The molecule has 2 heterocycles. The van der Waals surface area contributed by atoms with Crippen LogP contribution in [0.2, 0.25) is 0 Å². The molecule has 2 atom stereocenters. The second-order valence-electron chi connectivity index (χ2n) is 5.78. The lowest BCUT2D eigenvalue weighted by Crippen LogP contribution is -2.30. The van der Waals surface area contributed by atoms with Crippen LogP contribution in [0.25, 0.3) is 0 Å². The predicted octanol–water partition coefficient (Wildman–Crippen LogP) is 4.01. The first-order valence-electron chi connectivity index (χ1n) is 7.88. The number of aryl methyl sites for hydroxylation is 2. The number of thiazole rings is 1. The van der Waals surface area contributed by atoms with Gasteiger partial charge in [0, 0.05) is 22.7 Å². The van der Waals surface area contributed by atoms with Crippen LogP contribution < -0.4 is 5.32 Å². The standard InChI is InChI=1S/C17H23N3S/c1-3-9-18-16(17-12(2)20-11-21-17)14-8-4-6-13-7-5-10-19-15(13)14/h5,7,10-11,14,16,18H,3-4,6,8-9H2,1-2H3. The van der Waals surface area contributed by atoms with Crippen LogP contribution in [0.4, 0.5) is 0 Å². The maximum atomic E-state index is 4.71. The molecule has 112 valence electrons. The fourth-order valence-electron chi connectivity index (χ4n) is 3.30. The fraction of sp³-hybridized carbons (Fsp3) is 0.529. The number of aromatic nitrogens is 2. The Balaban J connectivity index is 1.96. The average Bonchev–Trinajstić information content (AvgIpc) is 2.94. The van der Waals surface area contributed by atoms with Crippen molar-refractivity contribution in [1.82, 2.24) is 15.3 Å². The molecule has 0 amide bonds. The molecule has 1 N–H and O–H groups in total. The lowest BCUT2D eigenvalue weighted by atomic mass is 9.81. The summed E-state index contributed by atoms with van der Waals surface area (Å²) in [4.78, 5) is 10.5. The number of rotatable bonds is 5. The monoisotopic (exact) mass is 301 g/mol. The molecular formula is C17H23N3S. The molecule has 2 aromatic rings. The second-order valence-corrected chi connectivity index (χ2v) is 6.67. The Morgan fingerprint density at radius 3 is 3.10 bits per heavy atom. The van der Waals surface area contributed by atoms with Crippen LogP contribution in [0, 0.1) is 6.92 Å². The van der Waals surface area contributed by atoms with Crippen molar-refractivity contribution in [2.45, 2.75) is 51.5 Å². The van der Waals surface area contributed by atoms with Crippen molar-refractivity contribution >= 4 is 11.3 Å². The average molecular weight is 301 g/mol. The van der Waals surface area contributed by atoms with E-state index in [4.69, 9.17) is 4.98 Å². The third-order valence-corrected chi connectivity index (χ3v) is 5.33. The SMILES string of the molecule is CCCNC(c1scnc1C)C1CCCc2cccnc21. The van der Waals surface area contributed by atoms with E-state index in [2.05, 4.69) is 36.3 Å². The minimum absolute atomic E-state index is 0.353. The molecule has 0 aromatic carbocycles. The van der Waals surface area contributed by atoms with Gasteiger partial charge in [-0.15, -0.1) is 11.3 Å². The number of nitrogens with zero attached hydrogens (tertiary/aromatic N) is 2. The molecule has 3 rings (SSSR count). The van der Waals surface area contributed by atoms with Gasteiger partial charge in [-0.1, -0.05) is 13.0 Å². The van der Waals surface area contributed by atoms with Crippen molar-refractivity contribution in [3.05, 3.63) is 45.7 Å². The molecule has 0 spiro atoms. The summed E-state index contributed by atoms with van der Waals surface area (Å²) >= 11 is 1.78. The third-order valence-electron chi connectivity index (χ3n) is 4.32. The quantitative estimate of drug-likeness (QED) is 0.907. The molecule has 0 bridgehead atoms. The Morgan fingerprint density at radius 2 is 2.33 bits per heavy atom. The van der Waals surface area contributed by atoms with Crippen LogP contribution in [-0.4, -0.2) is 16.5 Å². The summed E-state index contributed by atoms with van der Waals surface area (Å²) < 4.78 is 0. The number of nitrogens with one attached hydrogen (secondary N) is 1. The van der Waals surface area contributed by atoms with Crippen molar-refractivity contribution in [3.8, 4) is 0 Å². The molecule has 2 unspecified atom stereocenters. The van der Waals surface area contributed by atoms with Crippen molar-refractivity contribution in [3.63, 3.8) is 0 Å². The van der Waals surface area contributed by atoms with Crippen LogP contribution in [0.5, 0.6) is 0 Å². The van der Waals surface area contributed by atoms with Gasteiger partial charge in [-0.05, 0) is 50.8 Å². The summed E-state index contributed by atoms with van der Waals surface area (Å²) in [6, 6.07) is 4.66. The lowest BCUT2D eigenvalue weighted by molar-refractivity contribution is 0.397. The molecule has 4 heteroatoms. The lowest BCUT2D eigenvalue weighted by Gasteiger charge is -2.32. The van der Waals surface area contributed by atoms with Crippen LogP contribution in [0.3, 0.4) is 0 Å². The van der Waals surface area contributed by atoms with Gasteiger partial charge in [-0.25, -0.2) is 4.98 Å². The zero-order valence-electron chi connectivity index (χ0n) is 12.8. The molecule has 1 aliphatic rings. The molecular weight excluding hydrogens is 278 g/mol. The van der Waals surface area contributed by atoms with Crippen LogP contribution >= 0.6 is 11.3 Å². The summed E-state index contributed by atoms with van der Waals surface area (Å²) in [6.07, 6.45) is 6.72. The van der Waals surface area contributed by atoms with Crippen LogP contribution in [0.1, 0.15) is 60.0 Å². The zero-order chi connectivity index (χ0) is 14.7. The van der Waals surface area contributed by atoms with E-state index in [9.17, 15) is 0 Å². The Bertz CT molecular complexity index is 593. The maximum absolute atomic E-state index is 4.71. The van der Waals surface area contributed by atoms with E-state index >= 15 is 0 Å². The van der Waals surface area contributed by atoms with Crippen molar-refractivity contribution < 1.29 is 0 Å². The molecule has 1 aliphatic carbocycles. The van der Waals surface area contributed by atoms with E-state index < -0.39 is 0 Å².